The lowest BCUT2D eigenvalue weighted by molar-refractivity contribution is -0.120. The van der Waals surface area contributed by atoms with Crippen LogP contribution in [0.25, 0.3) is 0 Å². The Morgan fingerprint density at radius 2 is 2.44 bits per heavy atom. The summed E-state index contributed by atoms with van der Waals surface area (Å²) in [6.07, 6.45) is 1.61. The summed E-state index contributed by atoms with van der Waals surface area (Å²) in [7, 11) is 0. The molecule has 0 aliphatic rings. The minimum absolute atomic E-state index is 0.127. The van der Waals surface area contributed by atoms with Crippen molar-refractivity contribution in [2.24, 2.45) is 5.84 Å². The number of amides is 1. The summed E-state index contributed by atoms with van der Waals surface area (Å²) in [5.41, 5.74) is 2.23. The molecule has 0 heterocycles. The van der Waals surface area contributed by atoms with Crippen LogP contribution in [0, 0.1) is 0 Å². The van der Waals surface area contributed by atoms with E-state index in [1.807, 2.05) is 0 Å². The molecule has 0 aromatic rings. The smallest absolute Gasteiger partial charge is 0.235 e. The van der Waals surface area contributed by atoms with Crippen molar-refractivity contribution in [2.45, 2.75) is 0 Å². The maximum Gasteiger partial charge on any atom is 0.235 e. The molecule has 0 spiro atoms. The molecule has 9 heavy (non-hydrogen) atoms. The number of rotatable bonds is 4. The van der Waals surface area contributed by atoms with Gasteiger partial charge in [0.1, 0.15) is 0 Å². The van der Waals surface area contributed by atoms with Gasteiger partial charge in [0.15, 0.2) is 0 Å². The second-order valence-electron chi connectivity index (χ2n) is 1.47. The van der Waals surface area contributed by atoms with Gasteiger partial charge in [-0.15, -0.1) is 6.58 Å². The topological polar surface area (TPSA) is 67.2 Å². The number of nitrogens with one attached hydrogen (secondary N) is 2. The van der Waals surface area contributed by atoms with E-state index in [9.17, 15) is 4.79 Å². The van der Waals surface area contributed by atoms with Gasteiger partial charge in [-0.3, -0.25) is 16.1 Å². The van der Waals surface area contributed by atoms with Gasteiger partial charge in [-0.25, -0.2) is 0 Å². The summed E-state index contributed by atoms with van der Waals surface area (Å²) >= 11 is 0. The third kappa shape index (κ3) is 4.99. The molecule has 0 radical (unpaired) electrons. The molecule has 0 aliphatic heterocycles. The van der Waals surface area contributed by atoms with Crippen molar-refractivity contribution < 1.29 is 4.79 Å². The fourth-order valence-electron chi connectivity index (χ4n) is 0.341. The van der Waals surface area contributed by atoms with Gasteiger partial charge < -0.3 is 5.32 Å². The van der Waals surface area contributed by atoms with Crippen LogP contribution in [-0.2, 0) is 4.79 Å². The van der Waals surface area contributed by atoms with Gasteiger partial charge >= 0.3 is 0 Å². The zero-order valence-electron chi connectivity index (χ0n) is 5.18. The molecular weight excluding hydrogens is 118 g/mol. The predicted molar refractivity (Wildman–Crippen MR) is 35.4 cm³/mol. The zero-order valence-corrected chi connectivity index (χ0v) is 5.18. The highest BCUT2D eigenvalue weighted by molar-refractivity contribution is 5.77. The van der Waals surface area contributed by atoms with Crippen molar-refractivity contribution in [1.82, 2.24) is 10.7 Å². The van der Waals surface area contributed by atoms with Crippen molar-refractivity contribution >= 4 is 5.91 Å². The molecule has 0 fully saturated rings. The van der Waals surface area contributed by atoms with E-state index in [1.165, 1.54) is 0 Å². The first-order valence-electron chi connectivity index (χ1n) is 2.62. The maximum absolute atomic E-state index is 10.5. The second-order valence-corrected chi connectivity index (χ2v) is 1.47. The summed E-state index contributed by atoms with van der Waals surface area (Å²) in [6, 6.07) is 0. The van der Waals surface area contributed by atoms with Gasteiger partial charge in [-0.1, -0.05) is 6.08 Å². The Hall–Kier alpha value is -0.870. The Balaban J connectivity index is 3.16. The molecule has 4 N–H and O–H groups in total. The molecule has 52 valence electrons. The lowest BCUT2D eigenvalue weighted by atomic mass is 10.5. The van der Waals surface area contributed by atoms with Crippen molar-refractivity contribution in [2.75, 3.05) is 13.1 Å². The van der Waals surface area contributed by atoms with E-state index in [0.717, 1.165) is 0 Å². The third-order valence-corrected chi connectivity index (χ3v) is 0.706. The summed E-state index contributed by atoms with van der Waals surface area (Å²) in [6.45, 7) is 4.06. The monoisotopic (exact) mass is 129 g/mol. The van der Waals surface area contributed by atoms with Gasteiger partial charge in [0, 0.05) is 6.54 Å². The molecule has 4 heteroatoms. The van der Waals surface area contributed by atoms with Crippen LogP contribution in [-0.4, -0.2) is 19.0 Å². The molecule has 0 aromatic heterocycles. The molecule has 0 saturated heterocycles. The standard InChI is InChI=1S/C5H11N3O/c1-2-3-7-5(9)4-8-6/h2,8H,1,3-4,6H2,(H,7,9). The van der Waals surface area contributed by atoms with Crippen LogP contribution in [0.5, 0.6) is 0 Å². The molecule has 0 bridgehead atoms. The van der Waals surface area contributed by atoms with Gasteiger partial charge in [-0.05, 0) is 0 Å². The minimum atomic E-state index is -0.127. The molecular formula is C5H11N3O. The summed E-state index contributed by atoms with van der Waals surface area (Å²) in [4.78, 5) is 10.5. The number of carbonyl (C=O) groups excluding carboxylic acids is 1. The predicted octanol–water partition coefficient (Wildman–Crippen LogP) is -1.25. The second kappa shape index (κ2) is 5.27. The summed E-state index contributed by atoms with van der Waals surface area (Å²) in [5, 5.41) is 2.53. The highest BCUT2D eigenvalue weighted by atomic mass is 16.1. The molecule has 0 rings (SSSR count). The van der Waals surface area contributed by atoms with E-state index >= 15 is 0 Å². The van der Waals surface area contributed by atoms with Crippen LogP contribution in [0.4, 0.5) is 0 Å². The number of hydrogen-bond acceptors (Lipinski definition) is 3. The Kier molecular flexibility index (Phi) is 4.76. The van der Waals surface area contributed by atoms with Gasteiger partial charge in [0.2, 0.25) is 5.91 Å². The average Bonchev–Trinajstić information content (AvgIpc) is 1.85. The van der Waals surface area contributed by atoms with Crippen LogP contribution in [0.3, 0.4) is 0 Å². The van der Waals surface area contributed by atoms with E-state index in [0.29, 0.717) is 6.54 Å². The highest BCUT2D eigenvalue weighted by Crippen LogP contribution is 1.61. The number of hydrogen-bond donors (Lipinski definition) is 3. The number of carbonyl (C=O) groups is 1. The lowest BCUT2D eigenvalue weighted by Gasteiger charge is -1.98. The number of nitrogens with two attached hydrogens (primary N) is 1. The van der Waals surface area contributed by atoms with Gasteiger partial charge in [-0.2, -0.15) is 0 Å². The highest BCUT2D eigenvalue weighted by Gasteiger charge is 1.93. The van der Waals surface area contributed by atoms with E-state index in [1.54, 1.807) is 6.08 Å². The summed E-state index contributed by atoms with van der Waals surface area (Å²) in [5.74, 6) is 4.74. The lowest BCUT2D eigenvalue weighted by Crippen LogP contribution is -2.37. The molecule has 0 unspecified atom stereocenters. The average molecular weight is 129 g/mol. The number of hydrazine groups is 1. The largest absolute Gasteiger partial charge is 0.351 e. The molecule has 0 atom stereocenters. The first-order valence-corrected chi connectivity index (χ1v) is 2.62. The van der Waals surface area contributed by atoms with E-state index in [-0.39, 0.29) is 12.5 Å². The van der Waals surface area contributed by atoms with Crippen LogP contribution in [0.15, 0.2) is 12.7 Å². The van der Waals surface area contributed by atoms with Crippen LogP contribution >= 0.6 is 0 Å². The molecule has 0 saturated carbocycles. The molecule has 0 aliphatic carbocycles. The van der Waals surface area contributed by atoms with Crippen molar-refractivity contribution in [3.8, 4) is 0 Å². The van der Waals surface area contributed by atoms with Gasteiger partial charge in [0.25, 0.3) is 0 Å². The van der Waals surface area contributed by atoms with E-state index < -0.39 is 0 Å². The van der Waals surface area contributed by atoms with Crippen LogP contribution < -0.4 is 16.6 Å². The first-order chi connectivity index (χ1) is 4.31. The maximum atomic E-state index is 10.5. The molecule has 0 aromatic carbocycles. The van der Waals surface area contributed by atoms with E-state index in [4.69, 9.17) is 5.84 Å². The third-order valence-electron chi connectivity index (χ3n) is 0.706. The van der Waals surface area contributed by atoms with Crippen molar-refractivity contribution in [1.29, 1.82) is 0 Å². The van der Waals surface area contributed by atoms with Crippen molar-refractivity contribution in [3.63, 3.8) is 0 Å². The van der Waals surface area contributed by atoms with Crippen LogP contribution in [0.1, 0.15) is 0 Å². The zero-order chi connectivity index (χ0) is 7.11. The van der Waals surface area contributed by atoms with Crippen molar-refractivity contribution in [3.05, 3.63) is 12.7 Å². The summed E-state index contributed by atoms with van der Waals surface area (Å²) < 4.78 is 0. The van der Waals surface area contributed by atoms with E-state index in [2.05, 4.69) is 17.3 Å². The fourth-order valence-corrected chi connectivity index (χ4v) is 0.341. The fraction of sp³-hybridized carbons (Fsp3) is 0.400. The Morgan fingerprint density at radius 1 is 1.78 bits per heavy atom. The normalized spacial score (nSPS) is 8.56. The SMILES string of the molecule is C=CCNC(=O)CNN. The van der Waals surface area contributed by atoms with Crippen LogP contribution in [0.2, 0.25) is 0 Å². The van der Waals surface area contributed by atoms with Gasteiger partial charge in [0.05, 0.1) is 6.54 Å². The quantitative estimate of drug-likeness (QED) is 0.252. The Bertz CT molecular complexity index is 102. The minimum Gasteiger partial charge on any atom is -0.351 e. The first kappa shape index (κ1) is 8.13. The Morgan fingerprint density at radius 3 is 2.89 bits per heavy atom. The molecule has 1 amide bonds. The molecule has 4 nitrogen and oxygen atoms in total. The Labute approximate surface area is 54.1 Å².